The first-order valence-electron chi connectivity index (χ1n) is 6.85. The first-order valence-corrected chi connectivity index (χ1v) is 6.85. The molecule has 0 unspecified atom stereocenters. The van der Waals surface area contributed by atoms with E-state index in [4.69, 9.17) is 0 Å². The van der Waals surface area contributed by atoms with Crippen molar-refractivity contribution in [2.24, 2.45) is 0 Å². The van der Waals surface area contributed by atoms with Crippen LogP contribution in [0.5, 0.6) is 0 Å². The Kier molecular flexibility index (Phi) is 3.39. The minimum absolute atomic E-state index is 0.173. The molecule has 106 valence electrons. The van der Waals surface area contributed by atoms with Crippen LogP contribution in [-0.4, -0.2) is 20.7 Å². The number of nitrogens with one attached hydrogen (secondary N) is 1. The van der Waals surface area contributed by atoms with Crippen LogP contribution in [-0.2, 0) is 0 Å². The van der Waals surface area contributed by atoms with Gasteiger partial charge in [-0.3, -0.25) is 4.79 Å². The second kappa shape index (κ2) is 5.36. The Hall–Kier alpha value is -2.69. The van der Waals surface area contributed by atoms with E-state index in [1.165, 1.54) is 0 Å². The summed E-state index contributed by atoms with van der Waals surface area (Å²) in [7, 11) is 0. The van der Waals surface area contributed by atoms with Gasteiger partial charge < -0.3 is 5.32 Å². The summed E-state index contributed by atoms with van der Waals surface area (Å²) in [6, 6.07) is 11.4. The van der Waals surface area contributed by atoms with Crippen molar-refractivity contribution in [1.29, 1.82) is 0 Å². The number of para-hydroxylation sites is 1. The molecule has 0 saturated heterocycles. The summed E-state index contributed by atoms with van der Waals surface area (Å²) in [6.45, 7) is 4.09. The Morgan fingerprint density at radius 1 is 1.19 bits per heavy atom. The third-order valence-electron chi connectivity index (χ3n) is 3.22. The highest BCUT2D eigenvalue weighted by molar-refractivity contribution is 6.05. The fraction of sp³-hybridized carbons (Fsp3) is 0.188. The number of aromatic nitrogens is 3. The van der Waals surface area contributed by atoms with Crippen LogP contribution in [0.15, 0.2) is 48.8 Å². The van der Waals surface area contributed by atoms with E-state index in [0.717, 1.165) is 16.7 Å². The van der Waals surface area contributed by atoms with Crippen LogP contribution in [0.25, 0.3) is 11.0 Å². The van der Waals surface area contributed by atoms with Crippen molar-refractivity contribution in [1.82, 2.24) is 14.8 Å². The molecular weight excluding hydrogens is 264 g/mol. The Morgan fingerprint density at radius 2 is 1.95 bits per heavy atom. The van der Waals surface area contributed by atoms with E-state index in [9.17, 15) is 4.79 Å². The van der Waals surface area contributed by atoms with E-state index in [1.54, 1.807) is 12.4 Å². The molecule has 2 heterocycles. The first kappa shape index (κ1) is 13.3. The normalized spacial score (nSPS) is 11.0. The van der Waals surface area contributed by atoms with Crippen molar-refractivity contribution in [3.05, 3.63) is 54.4 Å². The molecule has 0 saturated carbocycles. The zero-order valence-electron chi connectivity index (χ0n) is 11.9. The third-order valence-corrected chi connectivity index (χ3v) is 3.22. The maximum absolute atomic E-state index is 12.2. The monoisotopic (exact) mass is 280 g/mol. The van der Waals surface area contributed by atoms with Crippen molar-refractivity contribution >= 4 is 22.6 Å². The molecule has 2 aromatic heterocycles. The van der Waals surface area contributed by atoms with Crippen molar-refractivity contribution < 1.29 is 4.79 Å². The first-order chi connectivity index (χ1) is 10.1. The molecular formula is C16H16N4O. The van der Waals surface area contributed by atoms with Crippen LogP contribution in [0, 0.1) is 0 Å². The van der Waals surface area contributed by atoms with Crippen LogP contribution in [0.3, 0.4) is 0 Å². The van der Waals surface area contributed by atoms with Crippen LogP contribution in [0.4, 0.5) is 5.69 Å². The van der Waals surface area contributed by atoms with Gasteiger partial charge in [-0.15, -0.1) is 0 Å². The second-order valence-corrected chi connectivity index (χ2v) is 5.14. The molecule has 0 bridgehead atoms. The summed E-state index contributed by atoms with van der Waals surface area (Å²) in [6.07, 6.45) is 3.32. The molecule has 1 N–H and O–H groups in total. The highest BCUT2D eigenvalue weighted by atomic mass is 16.1. The molecule has 1 amide bonds. The van der Waals surface area contributed by atoms with Gasteiger partial charge in [-0.25, -0.2) is 9.67 Å². The van der Waals surface area contributed by atoms with Gasteiger partial charge in [-0.1, -0.05) is 18.2 Å². The van der Waals surface area contributed by atoms with Gasteiger partial charge in [0.1, 0.15) is 0 Å². The molecule has 3 rings (SSSR count). The second-order valence-electron chi connectivity index (χ2n) is 5.14. The summed E-state index contributed by atoms with van der Waals surface area (Å²) in [5.41, 5.74) is 2.08. The maximum atomic E-state index is 12.2. The average molecular weight is 280 g/mol. The van der Waals surface area contributed by atoms with Crippen molar-refractivity contribution in [3.63, 3.8) is 0 Å². The lowest BCUT2D eigenvalue weighted by Gasteiger charge is -2.07. The van der Waals surface area contributed by atoms with Gasteiger partial charge in [0.2, 0.25) is 0 Å². The number of amides is 1. The lowest BCUT2D eigenvalue weighted by molar-refractivity contribution is 0.102. The van der Waals surface area contributed by atoms with Crippen LogP contribution >= 0.6 is 0 Å². The number of nitrogens with zero attached hydrogens (tertiary/aromatic N) is 3. The lowest BCUT2D eigenvalue weighted by Crippen LogP contribution is -2.12. The molecule has 0 aliphatic carbocycles. The maximum Gasteiger partial charge on any atom is 0.257 e. The topological polar surface area (TPSA) is 59.8 Å². The van der Waals surface area contributed by atoms with E-state index >= 15 is 0 Å². The summed E-state index contributed by atoms with van der Waals surface area (Å²) in [4.78, 5) is 16.6. The quantitative estimate of drug-likeness (QED) is 0.801. The number of carbonyl (C=O) groups is 1. The van der Waals surface area contributed by atoms with Crippen LogP contribution < -0.4 is 5.32 Å². The minimum atomic E-state index is -0.173. The van der Waals surface area contributed by atoms with Crippen molar-refractivity contribution in [3.8, 4) is 0 Å². The number of hydrogen-bond donors (Lipinski definition) is 1. The molecule has 5 heteroatoms. The molecule has 3 aromatic rings. The number of rotatable bonds is 3. The van der Waals surface area contributed by atoms with Gasteiger partial charge in [0, 0.05) is 23.3 Å². The van der Waals surface area contributed by atoms with Gasteiger partial charge >= 0.3 is 0 Å². The van der Waals surface area contributed by atoms with Crippen LogP contribution in [0.2, 0.25) is 0 Å². The largest absolute Gasteiger partial charge is 0.322 e. The van der Waals surface area contributed by atoms with E-state index in [0.29, 0.717) is 5.56 Å². The highest BCUT2D eigenvalue weighted by Gasteiger charge is 2.11. The molecule has 1 aromatic carbocycles. The number of carbonyl (C=O) groups excluding carboxylic acids is 1. The highest BCUT2D eigenvalue weighted by Crippen LogP contribution is 2.17. The van der Waals surface area contributed by atoms with Gasteiger partial charge in [0.15, 0.2) is 5.65 Å². The molecule has 0 aliphatic heterocycles. The Morgan fingerprint density at radius 3 is 2.67 bits per heavy atom. The fourth-order valence-electron chi connectivity index (χ4n) is 2.17. The number of anilines is 1. The number of hydrogen-bond acceptors (Lipinski definition) is 3. The Balaban J connectivity index is 1.89. The number of benzene rings is 1. The number of pyridine rings is 1. The Labute approximate surface area is 122 Å². The number of fused-ring (bicyclic) bond motifs is 1. The smallest absolute Gasteiger partial charge is 0.257 e. The lowest BCUT2D eigenvalue weighted by atomic mass is 10.2. The predicted molar refractivity (Wildman–Crippen MR) is 82.3 cm³/mol. The molecule has 0 atom stereocenters. The summed E-state index contributed by atoms with van der Waals surface area (Å²) < 4.78 is 1.84. The van der Waals surface area contributed by atoms with Crippen molar-refractivity contribution in [2.45, 2.75) is 19.9 Å². The van der Waals surface area contributed by atoms with Crippen LogP contribution in [0.1, 0.15) is 30.2 Å². The zero-order chi connectivity index (χ0) is 14.8. The standard InChI is InChI=1S/C16H16N4O/c1-11(2)20-15-12(10-18-20)8-13(9-17-15)16(21)19-14-6-4-3-5-7-14/h3-11H,1-2H3,(H,19,21). The molecule has 0 fully saturated rings. The molecule has 0 aliphatic rings. The third kappa shape index (κ3) is 2.63. The predicted octanol–water partition coefficient (Wildman–Crippen LogP) is 3.26. The van der Waals surface area contributed by atoms with Gasteiger partial charge in [-0.2, -0.15) is 5.10 Å². The molecule has 0 radical (unpaired) electrons. The zero-order valence-corrected chi connectivity index (χ0v) is 11.9. The fourth-order valence-corrected chi connectivity index (χ4v) is 2.17. The molecule has 5 nitrogen and oxygen atoms in total. The van der Waals surface area contributed by atoms with E-state index in [1.807, 2.05) is 54.9 Å². The minimum Gasteiger partial charge on any atom is -0.322 e. The van der Waals surface area contributed by atoms with E-state index < -0.39 is 0 Å². The summed E-state index contributed by atoms with van der Waals surface area (Å²) in [5, 5.41) is 8.01. The average Bonchev–Trinajstić information content (AvgIpc) is 2.91. The van der Waals surface area contributed by atoms with Gasteiger partial charge in [0.25, 0.3) is 5.91 Å². The van der Waals surface area contributed by atoms with E-state index in [-0.39, 0.29) is 11.9 Å². The summed E-state index contributed by atoms with van der Waals surface area (Å²) >= 11 is 0. The summed E-state index contributed by atoms with van der Waals surface area (Å²) in [5.74, 6) is -0.173. The Bertz CT molecular complexity index is 777. The van der Waals surface area contributed by atoms with Gasteiger partial charge in [0.05, 0.1) is 11.8 Å². The van der Waals surface area contributed by atoms with Crippen molar-refractivity contribution in [2.75, 3.05) is 5.32 Å². The SMILES string of the molecule is CC(C)n1ncc2cc(C(=O)Nc3ccccc3)cnc21. The molecule has 21 heavy (non-hydrogen) atoms. The van der Waals surface area contributed by atoms with Gasteiger partial charge in [-0.05, 0) is 32.0 Å². The van der Waals surface area contributed by atoms with E-state index in [2.05, 4.69) is 15.4 Å². The molecule has 0 spiro atoms.